The van der Waals surface area contributed by atoms with Crippen molar-refractivity contribution in [1.82, 2.24) is 10.2 Å². The van der Waals surface area contributed by atoms with E-state index in [-0.39, 0.29) is 11.9 Å². The normalized spacial score (nSPS) is 24.2. The molecule has 5 heteroatoms. The molecule has 2 unspecified atom stereocenters. The van der Waals surface area contributed by atoms with E-state index in [1.165, 1.54) is 0 Å². The van der Waals surface area contributed by atoms with E-state index in [4.69, 9.17) is 17.3 Å². The van der Waals surface area contributed by atoms with Gasteiger partial charge in [-0.3, -0.25) is 4.79 Å². The summed E-state index contributed by atoms with van der Waals surface area (Å²) in [6, 6.07) is 5.33. The second-order valence-electron chi connectivity index (χ2n) is 5.32. The minimum absolute atomic E-state index is 0.140. The van der Waals surface area contributed by atoms with Gasteiger partial charge >= 0.3 is 0 Å². The zero-order valence-electron chi connectivity index (χ0n) is 11.3. The number of likely N-dealkylation sites (tertiary alicyclic amines) is 1. The molecule has 19 heavy (non-hydrogen) atoms. The Labute approximate surface area is 118 Å². The minimum Gasteiger partial charge on any atom is -0.398 e. The first-order valence-electron chi connectivity index (χ1n) is 6.52. The quantitative estimate of drug-likeness (QED) is 0.815. The molecule has 3 N–H and O–H groups in total. The third-order valence-electron chi connectivity index (χ3n) is 3.70. The van der Waals surface area contributed by atoms with Crippen LogP contribution in [0.15, 0.2) is 18.2 Å². The zero-order valence-corrected chi connectivity index (χ0v) is 12.1. The van der Waals surface area contributed by atoms with Crippen LogP contribution < -0.4 is 11.1 Å². The summed E-state index contributed by atoms with van der Waals surface area (Å²) in [4.78, 5) is 14.5. The fourth-order valence-corrected chi connectivity index (χ4v) is 2.75. The molecule has 0 aliphatic carbocycles. The Morgan fingerprint density at radius 3 is 2.95 bits per heavy atom. The van der Waals surface area contributed by atoms with Gasteiger partial charge in [-0.15, -0.1) is 0 Å². The molecule has 0 radical (unpaired) electrons. The molecular formula is C14H20ClN3O. The Kier molecular flexibility index (Phi) is 4.32. The number of carbonyl (C=O) groups is 1. The summed E-state index contributed by atoms with van der Waals surface area (Å²) in [6.45, 7) is 4.15. The van der Waals surface area contributed by atoms with E-state index < -0.39 is 0 Å². The van der Waals surface area contributed by atoms with E-state index in [1.807, 2.05) is 0 Å². The highest BCUT2D eigenvalue weighted by atomic mass is 35.5. The van der Waals surface area contributed by atoms with Gasteiger partial charge in [-0.05, 0) is 38.1 Å². The Morgan fingerprint density at radius 1 is 1.53 bits per heavy atom. The minimum atomic E-state index is -0.140. The van der Waals surface area contributed by atoms with Gasteiger partial charge in [0.2, 0.25) is 0 Å². The number of rotatable bonds is 2. The lowest BCUT2D eigenvalue weighted by Gasteiger charge is -2.35. The molecule has 0 bridgehead atoms. The van der Waals surface area contributed by atoms with Crippen LogP contribution >= 0.6 is 11.6 Å². The fraction of sp³-hybridized carbons (Fsp3) is 0.500. The number of halogens is 1. The lowest BCUT2D eigenvalue weighted by atomic mass is 9.94. The van der Waals surface area contributed by atoms with Crippen molar-refractivity contribution >= 4 is 23.2 Å². The Bertz CT molecular complexity index is 478. The van der Waals surface area contributed by atoms with Crippen molar-refractivity contribution in [2.75, 3.05) is 25.9 Å². The molecule has 0 aromatic heterocycles. The Balaban J connectivity index is 2.07. The number of piperidine rings is 1. The number of nitrogens with one attached hydrogen (secondary N) is 1. The number of nitrogens with two attached hydrogens (primary N) is 1. The lowest BCUT2D eigenvalue weighted by molar-refractivity contribution is 0.0884. The van der Waals surface area contributed by atoms with E-state index in [1.54, 1.807) is 18.2 Å². The van der Waals surface area contributed by atoms with Crippen LogP contribution in [0.5, 0.6) is 0 Å². The summed E-state index contributed by atoms with van der Waals surface area (Å²) in [5.74, 6) is 0.293. The second-order valence-corrected chi connectivity index (χ2v) is 5.69. The maximum Gasteiger partial charge on any atom is 0.253 e. The van der Waals surface area contributed by atoms with Gasteiger partial charge in [-0.25, -0.2) is 0 Å². The molecule has 0 spiro atoms. The molecule has 4 nitrogen and oxygen atoms in total. The largest absolute Gasteiger partial charge is 0.398 e. The highest BCUT2D eigenvalue weighted by Crippen LogP contribution is 2.24. The molecule has 1 aromatic rings. The molecule has 1 aliphatic rings. The van der Waals surface area contributed by atoms with E-state index in [0.717, 1.165) is 19.5 Å². The van der Waals surface area contributed by atoms with Crippen LogP contribution in [-0.4, -0.2) is 37.0 Å². The van der Waals surface area contributed by atoms with Crippen LogP contribution in [0.3, 0.4) is 0 Å². The summed E-state index contributed by atoms with van der Waals surface area (Å²) >= 11 is 6.07. The molecule has 1 amide bonds. The Hall–Kier alpha value is -1.26. The van der Waals surface area contributed by atoms with E-state index in [0.29, 0.717) is 22.2 Å². The van der Waals surface area contributed by atoms with E-state index in [9.17, 15) is 4.79 Å². The van der Waals surface area contributed by atoms with Crippen molar-refractivity contribution in [3.8, 4) is 0 Å². The standard InChI is InChI=1S/C14H20ClN3O/c1-9-8-18(2)7-6-12(9)17-14(19)10-4-3-5-11(16)13(10)15/h3-5,9,12H,6-8,16H2,1-2H3,(H,17,19). The van der Waals surface area contributed by atoms with Crippen molar-refractivity contribution in [2.45, 2.75) is 19.4 Å². The van der Waals surface area contributed by atoms with Crippen LogP contribution in [0.1, 0.15) is 23.7 Å². The smallest absolute Gasteiger partial charge is 0.253 e. The van der Waals surface area contributed by atoms with Crippen molar-refractivity contribution in [3.05, 3.63) is 28.8 Å². The highest BCUT2D eigenvalue weighted by Gasteiger charge is 2.26. The van der Waals surface area contributed by atoms with Gasteiger partial charge in [0.15, 0.2) is 0 Å². The maximum atomic E-state index is 12.2. The van der Waals surface area contributed by atoms with Gasteiger partial charge in [0.25, 0.3) is 5.91 Å². The Morgan fingerprint density at radius 2 is 2.26 bits per heavy atom. The lowest BCUT2D eigenvalue weighted by Crippen LogP contribution is -2.48. The third kappa shape index (κ3) is 3.19. The van der Waals surface area contributed by atoms with E-state index in [2.05, 4.69) is 24.2 Å². The summed E-state index contributed by atoms with van der Waals surface area (Å²) in [5, 5.41) is 3.40. The van der Waals surface area contributed by atoms with Crippen LogP contribution in [-0.2, 0) is 0 Å². The molecule has 104 valence electrons. The predicted octanol–water partition coefficient (Wildman–Crippen LogP) is 1.99. The summed E-state index contributed by atoms with van der Waals surface area (Å²) < 4.78 is 0. The molecule has 1 fully saturated rings. The molecule has 0 saturated carbocycles. The van der Waals surface area contributed by atoms with E-state index >= 15 is 0 Å². The number of hydrogen-bond donors (Lipinski definition) is 2. The first-order valence-corrected chi connectivity index (χ1v) is 6.90. The SMILES string of the molecule is CC1CN(C)CCC1NC(=O)c1cccc(N)c1Cl. The zero-order chi connectivity index (χ0) is 14.0. The molecule has 1 aliphatic heterocycles. The topological polar surface area (TPSA) is 58.4 Å². The van der Waals surface area contributed by atoms with Crippen molar-refractivity contribution in [2.24, 2.45) is 5.92 Å². The summed E-state index contributed by atoms with van der Waals surface area (Å²) in [5.41, 5.74) is 6.61. The number of anilines is 1. The first kappa shape index (κ1) is 14.2. The summed E-state index contributed by atoms with van der Waals surface area (Å²) in [7, 11) is 2.10. The molecule has 2 rings (SSSR count). The van der Waals surface area contributed by atoms with Crippen LogP contribution in [0.25, 0.3) is 0 Å². The van der Waals surface area contributed by atoms with Crippen molar-refractivity contribution < 1.29 is 4.79 Å². The fourth-order valence-electron chi connectivity index (χ4n) is 2.54. The first-order chi connectivity index (χ1) is 8.99. The molecule has 1 aromatic carbocycles. The third-order valence-corrected chi connectivity index (χ3v) is 4.12. The molecular weight excluding hydrogens is 262 g/mol. The van der Waals surface area contributed by atoms with Gasteiger partial charge in [-0.2, -0.15) is 0 Å². The molecule has 1 heterocycles. The van der Waals surface area contributed by atoms with Crippen LogP contribution in [0.2, 0.25) is 5.02 Å². The molecule has 2 atom stereocenters. The maximum absolute atomic E-state index is 12.2. The number of hydrogen-bond acceptors (Lipinski definition) is 3. The van der Waals surface area contributed by atoms with Gasteiger partial charge in [0, 0.05) is 12.6 Å². The average molecular weight is 282 g/mol. The number of benzene rings is 1. The second kappa shape index (κ2) is 5.80. The summed E-state index contributed by atoms with van der Waals surface area (Å²) in [6.07, 6.45) is 0.962. The number of carbonyl (C=O) groups excluding carboxylic acids is 1. The van der Waals surface area contributed by atoms with Crippen molar-refractivity contribution in [1.29, 1.82) is 0 Å². The van der Waals surface area contributed by atoms with Gasteiger partial charge in [0.1, 0.15) is 0 Å². The number of amides is 1. The van der Waals surface area contributed by atoms with Crippen LogP contribution in [0, 0.1) is 5.92 Å². The van der Waals surface area contributed by atoms with Gasteiger partial charge < -0.3 is 16.0 Å². The highest BCUT2D eigenvalue weighted by molar-refractivity contribution is 6.36. The monoisotopic (exact) mass is 281 g/mol. The predicted molar refractivity (Wildman–Crippen MR) is 78.4 cm³/mol. The van der Waals surface area contributed by atoms with Crippen molar-refractivity contribution in [3.63, 3.8) is 0 Å². The van der Waals surface area contributed by atoms with Gasteiger partial charge in [0.05, 0.1) is 16.3 Å². The van der Waals surface area contributed by atoms with Crippen LogP contribution in [0.4, 0.5) is 5.69 Å². The van der Waals surface area contributed by atoms with Gasteiger partial charge in [-0.1, -0.05) is 24.6 Å². The number of nitrogens with zero attached hydrogens (tertiary/aromatic N) is 1. The molecule has 1 saturated heterocycles. The average Bonchev–Trinajstić information content (AvgIpc) is 2.36. The number of nitrogen functional groups attached to an aromatic ring is 1.